The zero-order valence-electron chi connectivity index (χ0n) is 19.0. The summed E-state index contributed by atoms with van der Waals surface area (Å²) in [6, 6.07) is 0.428. The van der Waals surface area contributed by atoms with E-state index < -0.39 is 0 Å². The fourth-order valence-corrected chi connectivity index (χ4v) is 4.23. The molecule has 1 saturated heterocycles. The summed E-state index contributed by atoms with van der Waals surface area (Å²) < 4.78 is 5.85. The van der Waals surface area contributed by atoms with E-state index in [1.165, 1.54) is 37.9 Å². The van der Waals surface area contributed by atoms with Crippen LogP contribution < -0.4 is 5.32 Å². The van der Waals surface area contributed by atoms with Crippen molar-refractivity contribution in [3.8, 4) is 0 Å². The molecule has 27 heavy (non-hydrogen) atoms. The van der Waals surface area contributed by atoms with Crippen molar-refractivity contribution >= 4 is 0 Å². The number of likely N-dealkylation sites (tertiary alicyclic amines) is 1. The maximum absolute atomic E-state index is 5.85. The van der Waals surface area contributed by atoms with Crippen molar-refractivity contribution < 1.29 is 4.74 Å². The predicted molar refractivity (Wildman–Crippen MR) is 117 cm³/mol. The first-order valence-corrected chi connectivity index (χ1v) is 11.0. The van der Waals surface area contributed by atoms with Gasteiger partial charge in [0.05, 0.1) is 13.2 Å². The monoisotopic (exact) mass is 376 g/mol. The van der Waals surface area contributed by atoms with E-state index in [1.54, 1.807) is 0 Å². The van der Waals surface area contributed by atoms with Crippen LogP contribution in [0.1, 0.15) is 67.7 Å². The van der Waals surface area contributed by atoms with Gasteiger partial charge in [0.15, 0.2) is 0 Å². The zero-order valence-corrected chi connectivity index (χ0v) is 19.0. The average Bonchev–Trinajstić information content (AvgIpc) is 2.57. The van der Waals surface area contributed by atoms with E-state index in [-0.39, 0.29) is 11.0 Å². The van der Waals surface area contributed by atoms with E-state index in [1.807, 2.05) is 0 Å². The highest BCUT2D eigenvalue weighted by Crippen LogP contribution is 2.32. The highest BCUT2D eigenvalue weighted by molar-refractivity contribution is 5.28. The van der Waals surface area contributed by atoms with Crippen LogP contribution in [0.15, 0.2) is 23.8 Å². The Kier molecular flexibility index (Phi) is 8.15. The molecule has 3 nitrogen and oxygen atoms in total. The minimum absolute atomic E-state index is 0.161. The highest BCUT2D eigenvalue weighted by atomic mass is 16.5. The van der Waals surface area contributed by atoms with E-state index in [0.717, 1.165) is 31.6 Å². The molecule has 2 rings (SSSR count). The molecule has 0 aromatic heterocycles. The first-order chi connectivity index (χ1) is 12.5. The normalized spacial score (nSPS) is 24.1. The number of piperidine rings is 1. The van der Waals surface area contributed by atoms with Gasteiger partial charge < -0.3 is 15.0 Å². The van der Waals surface area contributed by atoms with Gasteiger partial charge in [0.2, 0.25) is 0 Å². The third-order valence-electron chi connectivity index (χ3n) is 5.64. The molecule has 0 bridgehead atoms. The Morgan fingerprint density at radius 1 is 1.15 bits per heavy atom. The van der Waals surface area contributed by atoms with Gasteiger partial charge in [-0.15, -0.1) is 0 Å². The maximum atomic E-state index is 5.85. The first-order valence-electron chi connectivity index (χ1n) is 11.0. The van der Waals surface area contributed by atoms with Crippen molar-refractivity contribution in [3.63, 3.8) is 0 Å². The lowest BCUT2D eigenvalue weighted by Gasteiger charge is -2.36. The molecule has 1 heterocycles. The number of rotatable bonds is 7. The van der Waals surface area contributed by atoms with E-state index >= 15 is 0 Å². The van der Waals surface area contributed by atoms with Crippen molar-refractivity contribution in [2.24, 2.45) is 17.3 Å². The summed E-state index contributed by atoms with van der Waals surface area (Å²) in [5.74, 6) is 1.58. The van der Waals surface area contributed by atoms with Crippen molar-refractivity contribution in [1.82, 2.24) is 10.2 Å². The fourth-order valence-electron chi connectivity index (χ4n) is 4.23. The van der Waals surface area contributed by atoms with Crippen LogP contribution in [0.3, 0.4) is 0 Å². The molecule has 2 aliphatic rings. The molecule has 2 atom stereocenters. The van der Waals surface area contributed by atoms with Crippen LogP contribution in [0.25, 0.3) is 0 Å². The van der Waals surface area contributed by atoms with Gasteiger partial charge in [0.1, 0.15) is 0 Å². The number of hydrogen-bond donors (Lipinski definition) is 1. The Morgan fingerprint density at radius 2 is 1.81 bits per heavy atom. The summed E-state index contributed by atoms with van der Waals surface area (Å²) in [5.41, 5.74) is 1.88. The summed E-state index contributed by atoms with van der Waals surface area (Å²) in [6.45, 7) is 21.0. The van der Waals surface area contributed by atoms with Gasteiger partial charge in [-0.2, -0.15) is 0 Å². The van der Waals surface area contributed by atoms with Crippen molar-refractivity contribution in [3.05, 3.63) is 23.8 Å². The summed E-state index contributed by atoms with van der Waals surface area (Å²) in [5, 5.41) is 3.68. The second-order valence-corrected chi connectivity index (χ2v) is 10.9. The summed E-state index contributed by atoms with van der Waals surface area (Å²) in [6.07, 6.45) is 11.2. The molecular formula is C24H44N2O. The number of nitrogens with zero attached hydrogens (tertiary/aromatic N) is 1. The Labute approximate surface area is 168 Å². The van der Waals surface area contributed by atoms with Gasteiger partial charge in [-0.3, -0.25) is 0 Å². The van der Waals surface area contributed by atoms with Crippen LogP contribution in [-0.4, -0.2) is 49.3 Å². The van der Waals surface area contributed by atoms with Crippen LogP contribution in [0.5, 0.6) is 0 Å². The van der Waals surface area contributed by atoms with E-state index in [9.17, 15) is 0 Å². The number of hydrogen-bond acceptors (Lipinski definition) is 3. The summed E-state index contributed by atoms with van der Waals surface area (Å²) >= 11 is 0. The smallest absolute Gasteiger partial charge is 0.0593 e. The summed E-state index contributed by atoms with van der Waals surface area (Å²) in [4.78, 5) is 2.59. The lowest BCUT2D eigenvalue weighted by Crippen LogP contribution is -2.43. The number of nitrogens with one attached hydrogen (secondary N) is 1. The summed E-state index contributed by atoms with van der Waals surface area (Å²) in [7, 11) is 0. The zero-order chi connectivity index (χ0) is 20.1. The molecule has 1 fully saturated rings. The molecule has 0 saturated carbocycles. The van der Waals surface area contributed by atoms with Crippen LogP contribution in [0, 0.1) is 17.3 Å². The molecule has 0 radical (unpaired) electrons. The molecule has 156 valence electrons. The number of ether oxygens (including phenoxy) is 1. The minimum Gasteiger partial charge on any atom is -0.380 e. The molecule has 0 aromatic carbocycles. The lowest BCUT2D eigenvalue weighted by atomic mass is 9.79. The standard InChI is InChI=1S/C24H44N2O/c1-19(25-24(5,6)7)20-8-10-21(11-9-20)22-12-14-26(15-13-22)16-17-27-18-23(2,3)4/h8-10,19,21-22,25H,11-18H2,1-7H3. The van der Waals surface area contributed by atoms with Gasteiger partial charge in [-0.1, -0.05) is 39.0 Å². The third-order valence-corrected chi connectivity index (χ3v) is 5.64. The Hall–Kier alpha value is -0.640. The van der Waals surface area contributed by atoms with Crippen molar-refractivity contribution in [2.45, 2.75) is 79.3 Å². The van der Waals surface area contributed by atoms with Crippen LogP contribution in [0.2, 0.25) is 0 Å². The quantitative estimate of drug-likeness (QED) is 0.630. The van der Waals surface area contributed by atoms with Gasteiger partial charge in [-0.25, -0.2) is 0 Å². The molecule has 3 heteroatoms. The fraction of sp³-hybridized carbons (Fsp3) is 0.833. The van der Waals surface area contributed by atoms with Gasteiger partial charge in [0, 0.05) is 18.1 Å². The van der Waals surface area contributed by atoms with Gasteiger partial charge in [-0.05, 0) is 82.9 Å². The number of allylic oxidation sites excluding steroid dienone is 2. The van der Waals surface area contributed by atoms with E-state index in [4.69, 9.17) is 4.74 Å². The molecule has 2 unspecified atom stereocenters. The van der Waals surface area contributed by atoms with Crippen LogP contribution >= 0.6 is 0 Å². The molecular weight excluding hydrogens is 332 g/mol. The molecule has 0 aromatic rings. The molecule has 1 N–H and O–H groups in total. The average molecular weight is 377 g/mol. The van der Waals surface area contributed by atoms with Crippen LogP contribution in [-0.2, 0) is 4.74 Å². The second-order valence-electron chi connectivity index (χ2n) is 10.9. The van der Waals surface area contributed by atoms with Gasteiger partial charge in [0.25, 0.3) is 0 Å². The molecule has 1 aliphatic heterocycles. The SMILES string of the molecule is CC(NC(C)(C)C)C1=CCC(C2CCN(CCOCC(C)(C)C)CC2)C=C1. The van der Waals surface area contributed by atoms with Crippen molar-refractivity contribution in [1.29, 1.82) is 0 Å². The van der Waals surface area contributed by atoms with E-state index in [2.05, 4.69) is 76.9 Å². The maximum Gasteiger partial charge on any atom is 0.0593 e. The molecule has 1 aliphatic carbocycles. The largest absolute Gasteiger partial charge is 0.380 e. The minimum atomic E-state index is 0.161. The Morgan fingerprint density at radius 3 is 2.33 bits per heavy atom. The Balaban J connectivity index is 1.68. The van der Waals surface area contributed by atoms with Crippen molar-refractivity contribution in [2.75, 3.05) is 32.8 Å². The second kappa shape index (κ2) is 9.71. The van der Waals surface area contributed by atoms with E-state index in [0.29, 0.717) is 6.04 Å². The lowest BCUT2D eigenvalue weighted by molar-refractivity contribution is 0.0458. The van der Waals surface area contributed by atoms with Gasteiger partial charge >= 0.3 is 0 Å². The molecule has 0 amide bonds. The topological polar surface area (TPSA) is 24.5 Å². The third kappa shape index (κ3) is 8.50. The highest BCUT2D eigenvalue weighted by Gasteiger charge is 2.26. The van der Waals surface area contributed by atoms with Crippen LogP contribution in [0.4, 0.5) is 0 Å². The Bertz CT molecular complexity index is 501. The molecule has 0 spiro atoms. The first kappa shape index (κ1) is 22.6. The predicted octanol–water partition coefficient (Wildman–Crippen LogP) is 5.04.